The minimum absolute atomic E-state index is 0.275. The summed E-state index contributed by atoms with van der Waals surface area (Å²) >= 11 is 0. The molecule has 0 amide bonds. The maximum Gasteiger partial charge on any atom is 0.142 e. The zero-order valence-corrected chi connectivity index (χ0v) is 10.8. The van der Waals surface area contributed by atoms with Gasteiger partial charge in [-0.25, -0.2) is 9.97 Å². The third-order valence-electron chi connectivity index (χ3n) is 3.95. The molecule has 1 saturated heterocycles. The Bertz CT molecular complexity index is 335. The van der Waals surface area contributed by atoms with Gasteiger partial charge in [-0.1, -0.05) is 13.8 Å². The van der Waals surface area contributed by atoms with Crippen molar-refractivity contribution < 1.29 is 0 Å². The van der Waals surface area contributed by atoms with Gasteiger partial charge in [0.15, 0.2) is 0 Å². The van der Waals surface area contributed by atoms with Crippen LogP contribution in [0.1, 0.15) is 32.5 Å². The van der Waals surface area contributed by atoms with Crippen LogP contribution in [0.4, 0.5) is 0 Å². The Morgan fingerprint density at radius 2 is 2.00 bits per heavy atom. The summed E-state index contributed by atoms with van der Waals surface area (Å²) in [6.07, 6.45) is 5.99. The first-order chi connectivity index (χ1) is 8.30. The molecule has 0 aromatic carbocycles. The quantitative estimate of drug-likeness (QED) is 0.856. The van der Waals surface area contributed by atoms with Crippen LogP contribution in [0.25, 0.3) is 0 Å². The van der Waals surface area contributed by atoms with Crippen molar-refractivity contribution in [3.8, 4) is 0 Å². The van der Waals surface area contributed by atoms with Crippen LogP contribution in [0.15, 0.2) is 18.5 Å². The van der Waals surface area contributed by atoms with Gasteiger partial charge in [-0.2, -0.15) is 0 Å². The minimum atomic E-state index is 0.275. The van der Waals surface area contributed by atoms with E-state index in [0.29, 0.717) is 0 Å². The van der Waals surface area contributed by atoms with Gasteiger partial charge >= 0.3 is 0 Å². The highest BCUT2D eigenvalue weighted by Crippen LogP contribution is 2.26. The van der Waals surface area contributed by atoms with Gasteiger partial charge in [0, 0.05) is 37.6 Å². The number of nitrogens with one attached hydrogen (secondary N) is 1. The molecule has 2 heterocycles. The number of piperazine rings is 1. The van der Waals surface area contributed by atoms with Gasteiger partial charge in [0.2, 0.25) is 0 Å². The molecule has 4 nitrogen and oxygen atoms in total. The summed E-state index contributed by atoms with van der Waals surface area (Å²) in [5.41, 5.74) is 0.275. The van der Waals surface area contributed by atoms with E-state index in [9.17, 15) is 0 Å². The highest BCUT2D eigenvalue weighted by Gasteiger charge is 2.35. The van der Waals surface area contributed by atoms with Crippen LogP contribution >= 0.6 is 0 Å². The van der Waals surface area contributed by atoms with E-state index < -0.39 is 0 Å². The molecule has 2 rings (SSSR count). The minimum Gasteiger partial charge on any atom is -0.314 e. The summed E-state index contributed by atoms with van der Waals surface area (Å²) in [5.74, 6) is 0.931. The van der Waals surface area contributed by atoms with Gasteiger partial charge in [-0.3, -0.25) is 4.90 Å². The first-order valence-electron chi connectivity index (χ1n) is 6.52. The van der Waals surface area contributed by atoms with E-state index in [1.165, 1.54) is 12.8 Å². The molecule has 1 aliphatic rings. The monoisotopic (exact) mass is 234 g/mol. The highest BCUT2D eigenvalue weighted by molar-refractivity contribution is 4.97. The van der Waals surface area contributed by atoms with Gasteiger partial charge in [0.05, 0.1) is 6.54 Å². The second kappa shape index (κ2) is 5.56. The molecule has 1 N–H and O–H groups in total. The molecule has 0 saturated carbocycles. The smallest absolute Gasteiger partial charge is 0.142 e. The molecule has 0 unspecified atom stereocenters. The molecule has 17 heavy (non-hydrogen) atoms. The molecule has 0 atom stereocenters. The first-order valence-corrected chi connectivity index (χ1v) is 6.52. The van der Waals surface area contributed by atoms with E-state index in [-0.39, 0.29) is 5.54 Å². The standard InChI is InChI=1S/C13H22N4/c1-3-13(4-2)11-14-8-9-17(13)10-12-15-6-5-7-16-12/h5-7,14H,3-4,8-11H2,1-2H3. The number of hydrogen-bond acceptors (Lipinski definition) is 4. The summed E-state index contributed by atoms with van der Waals surface area (Å²) in [7, 11) is 0. The van der Waals surface area contributed by atoms with Gasteiger partial charge in [0.1, 0.15) is 5.82 Å². The molecule has 94 valence electrons. The summed E-state index contributed by atoms with van der Waals surface area (Å²) in [6.45, 7) is 8.64. The molecule has 1 aromatic heterocycles. The van der Waals surface area contributed by atoms with Crippen molar-refractivity contribution in [2.24, 2.45) is 0 Å². The van der Waals surface area contributed by atoms with Crippen LogP contribution in [-0.2, 0) is 6.54 Å². The summed E-state index contributed by atoms with van der Waals surface area (Å²) < 4.78 is 0. The van der Waals surface area contributed by atoms with Crippen molar-refractivity contribution in [3.05, 3.63) is 24.3 Å². The predicted molar refractivity (Wildman–Crippen MR) is 68.6 cm³/mol. The van der Waals surface area contributed by atoms with Gasteiger partial charge in [0.25, 0.3) is 0 Å². The number of aromatic nitrogens is 2. The normalized spacial score (nSPS) is 20.4. The molecule has 0 spiro atoms. The van der Waals surface area contributed by atoms with Crippen molar-refractivity contribution in [1.29, 1.82) is 0 Å². The fourth-order valence-corrected chi connectivity index (χ4v) is 2.66. The Morgan fingerprint density at radius 3 is 2.65 bits per heavy atom. The number of hydrogen-bond donors (Lipinski definition) is 1. The Kier molecular flexibility index (Phi) is 4.07. The lowest BCUT2D eigenvalue weighted by molar-refractivity contribution is 0.0424. The molecular weight excluding hydrogens is 212 g/mol. The maximum absolute atomic E-state index is 4.33. The van der Waals surface area contributed by atoms with Gasteiger partial charge in [-0.15, -0.1) is 0 Å². The van der Waals surface area contributed by atoms with Crippen LogP contribution in [0, 0.1) is 0 Å². The molecule has 1 aromatic rings. The van der Waals surface area contributed by atoms with Gasteiger partial charge in [-0.05, 0) is 18.9 Å². The fourth-order valence-electron chi connectivity index (χ4n) is 2.66. The molecule has 1 aliphatic heterocycles. The summed E-state index contributed by atoms with van der Waals surface area (Å²) in [5, 5.41) is 3.51. The van der Waals surface area contributed by atoms with E-state index >= 15 is 0 Å². The molecule has 1 fully saturated rings. The Labute approximate surface area is 103 Å². The van der Waals surface area contributed by atoms with Crippen LogP contribution in [-0.4, -0.2) is 40.0 Å². The van der Waals surface area contributed by atoms with Gasteiger partial charge < -0.3 is 5.32 Å². The third kappa shape index (κ3) is 2.64. The fraction of sp³-hybridized carbons (Fsp3) is 0.692. The van der Waals surface area contributed by atoms with Crippen molar-refractivity contribution in [2.45, 2.75) is 38.8 Å². The molecule has 0 aliphatic carbocycles. The van der Waals surface area contributed by atoms with E-state index in [1.807, 2.05) is 18.5 Å². The Hall–Kier alpha value is -1.00. The zero-order valence-electron chi connectivity index (χ0n) is 10.8. The van der Waals surface area contributed by atoms with Crippen molar-refractivity contribution in [2.75, 3.05) is 19.6 Å². The second-order valence-electron chi connectivity index (χ2n) is 4.69. The zero-order chi connectivity index (χ0) is 12.1. The van der Waals surface area contributed by atoms with E-state index in [0.717, 1.165) is 32.0 Å². The number of rotatable bonds is 4. The lowest BCUT2D eigenvalue weighted by atomic mass is 9.88. The Balaban J connectivity index is 2.12. The average Bonchev–Trinajstić information content (AvgIpc) is 2.41. The molecular formula is C13H22N4. The number of nitrogens with zero attached hydrogens (tertiary/aromatic N) is 3. The van der Waals surface area contributed by atoms with Crippen LogP contribution in [0.2, 0.25) is 0 Å². The van der Waals surface area contributed by atoms with Crippen LogP contribution in [0.5, 0.6) is 0 Å². The van der Waals surface area contributed by atoms with Crippen molar-refractivity contribution in [1.82, 2.24) is 20.2 Å². The lowest BCUT2D eigenvalue weighted by Gasteiger charge is -2.46. The van der Waals surface area contributed by atoms with Crippen molar-refractivity contribution >= 4 is 0 Å². The largest absolute Gasteiger partial charge is 0.314 e. The van der Waals surface area contributed by atoms with Crippen LogP contribution in [0.3, 0.4) is 0 Å². The summed E-state index contributed by atoms with van der Waals surface area (Å²) in [6, 6.07) is 1.87. The molecule has 4 heteroatoms. The topological polar surface area (TPSA) is 41.0 Å². The Morgan fingerprint density at radius 1 is 1.29 bits per heavy atom. The summed E-state index contributed by atoms with van der Waals surface area (Å²) in [4.78, 5) is 11.2. The predicted octanol–water partition coefficient (Wildman–Crippen LogP) is 1.44. The van der Waals surface area contributed by atoms with Crippen molar-refractivity contribution in [3.63, 3.8) is 0 Å². The molecule has 0 bridgehead atoms. The van der Waals surface area contributed by atoms with Crippen LogP contribution < -0.4 is 5.32 Å². The average molecular weight is 234 g/mol. The molecule has 0 radical (unpaired) electrons. The highest BCUT2D eigenvalue weighted by atomic mass is 15.3. The maximum atomic E-state index is 4.33. The second-order valence-corrected chi connectivity index (χ2v) is 4.69. The van der Waals surface area contributed by atoms with E-state index in [1.54, 1.807) is 0 Å². The van der Waals surface area contributed by atoms with E-state index in [2.05, 4.69) is 34.0 Å². The third-order valence-corrected chi connectivity index (χ3v) is 3.95. The van der Waals surface area contributed by atoms with E-state index in [4.69, 9.17) is 0 Å². The SMILES string of the molecule is CCC1(CC)CNCCN1Cc1ncccn1. The first kappa shape index (κ1) is 12.5. The lowest BCUT2D eigenvalue weighted by Crippen LogP contribution is -2.60.